The number of urea groups is 1. The van der Waals surface area contributed by atoms with E-state index in [-0.39, 0.29) is 11.9 Å². The number of imide groups is 1. The second-order valence-electron chi connectivity index (χ2n) is 5.02. The minimum atomic E-state index is -0.461. The van der Waals surface area contributed by atoms with Crippen LogP contribution in [0, 0.1) is 0 Å². The summed E-state index contributed by atoms with van der Waals surface area (Å²) in [6.07, 6.45) is -0.430. The molecule has 3 aliphatic rings. The summed E-state index contributed by atoms with van der Waals surface area (Å²) in [4.78, 5) is 33.2. The van der Waals surface area contributed by atoms with Crippen LogP contribution >= 0.6 is 0 Å². The quantitative estimate of drug-likeness (QED) is 0.534. The van der Waals surface area contributed by atoms with E-state index in [1.54, 1.807) is 7.05 Å². The van der Waals surface area contributed by atoms with E-state index in [0.717, 1.165) is 37.0 Å². The summed E-state index contributed by atoms with van der Waals surface area (Å²) < 4.78 is 0. The van der Waals surface area contributed by atoms with E-state index in [1.807, 2.05) is 0 Å². The molecule has 0 aromatic rings. The van der Waals surface area contributed by atoms with Gasteiger partial charge in [-0.15, -0.1) is 0 Å². The Morgan fingerprint density at radius 3 is 2.58 bits per heavy atom. The molecule has 0 aromatic heterocycles. The van der Waals surface area contributed by atoms with Crippen molar-refractivity contribution in [3.8, 4) is 0 Å². The van der Waals surface area contributed by atoms with E-state index in [9.17, 15) is 9.59 Å². The summed E-state index contributed by atoms with van der Waals surface area (Å²) in [7, 11) is 3.18. The lowest BCUT2D eigenvalue weighted by Gasteiger charge is -2.36. The van der Waals surface area contributed by atoms with Gasteiger partial charge in [0, 0.05) is 40.3 Å². The van der Waals surface area contributed by atoms with Gasteiger partial charge in [0.1, 0.15) is 6.04 Å². The number of fused-ring (bicyclic) bond motifs is 1. The van der Waals surface area contributed by atoms with Crippen molar-refractivity contribution in [1.82, 2.24) is 25.3 Å². The van der Waals surface area contributed by atoms with Crippen LogP contribution in [0.2, 0.25) is 0 Å². The summed E-state index contributed by atoms with van der Waals surface area (Å²) in [6, 6.07) is -0.768. The molecule has 8 heteroatoms. The first-order valence-electron chi connectivity index (χ1n) is 6.44. The van der Waals surface area contributed by atoms with Gasteiger partial charge in [-0.2, -0.15) is 0 Å². The van der Waals surface area contributed by atoms with Gasteiger partial charge in [0.25, 0.3) is 5.91 Å². The van der Waals surface area contributed by atoms with Crippen molar-refractivity contribution in [2.75, 3.05) is 40.3 Å². The molecule has 3 heterocycles. The fraction of sp³-hybridized carbons (Fsp3) is 0.727. The predicted octanol–water partition coefficient (Wildman–Crippen LogP) is -1.93. The van der Waals surface area contributed by atoms with Gasteiger partial charge in [-0.1, -0.05) is 0 Å². The van der Waals surface area contributed by atoms with Crippen molar-refractivity contribution in [2.45, 2.75) is 12.2 Å². The standard InChI is InChI=1S/C11H18N6O2/c1-15-8-7(9(18)16(2)11(15)19)13-10(14-8)17-5-3-12-4-6-17/h7-8,12H,3-6H2,1-2H3,(H,13,14)/t7-,8+/m1/s1. The Bertz CT molecular complexity index is 444. The van der Waals surface area contributed by atoms with Gasteiger partial charge in [0.15, 0.2) is 12.1 Å². The predicted molar refractivity (Wildman–Crippen MR) is 68.5 cm³/mol. The normalized spacial score (nSPS) is 31.3. The maximum atomic E-state index is 12.1. The molecular weight excluding hydrogens is 248 g/mol. The Morgan fingerprint density at radius 1 is 1.21 bits per heavy atom. The van der Waals surface area contributed by atoms with E-state index in [0.29, 0.717) is 0 Å². The first kappa shape index (κ1) is 12.2. The molecular formula is C11H18N6O2. The zero-order chi connectivity index (χ0) is 13.6. The third kappa shape index (κ3) is 1.83. The summed E-state index contributed by atoms with van der Waals surface area (Å²) >= 11 is 0. The molecule has 2 fully saturated rings. The van der Waals surface area contributed by atoms with Crippen molar-refractivity contribution >= 4 is 17.9 Å². The molecule has 8 nitrogen and oxygen atoms in total. The van der Waals surface area contributed by atoms with Crippen LogP contribution in [0.1, 0.15) is 0 Å². The smallest absolute Gasteiger partial charge is 0.328 e. The molecule has 0 aliphatic carbocycles. The maximum Gasteiger partial charge on any atom is 0.328 e. The molecule has 0 radical (unpaired) electrons. The van der Waals surface area contributed by atoms with Gasteiger partial charge in [0.2, 0.25) is 0 Å². The Hall–Kier alpha value is -1.83. The molecule has 2 saturated heterocycles. The Balaban J connectivity index is 1.81. The number of hydrogen-bond donors (Lipinski definition) is 2. The van der Waals surface area contributed by atoms with Crippen molar-refractivity contribution in [3.63, 3.8) is 0 Å². The molecule has 0 bridgehead atoms. The van der Waals surface area contributed by atoms with Crippen molar-refractivity contribution in [1.29, 1.82) is 0 Å². The highest BCUT2D eigenvalue weighted by Gasteiger charge is 2.47. The summed E-state index contributed by atoms with van der Waals surface area (Å²) in [5.74, 6) is 0.502. The lowest BCUT2D eigenvalue weighted by atomic mass is 10.1. The number of nitrogens with zero attached hydrogens (tertiary/aromatic N) is 4. The number of likely N-dealkylation sites (N-methyl/N-ethyl adjacent to an activating group) is 2. The van der Waals surface area contributed by atoms with Crippen LogP contribution in [-0.2, 0) is 4.79 Å². The van der Waals surface area contributed by atoms with Gasteiger partial charge in [0.05, 0.1) is 0 Å². The van der Waals surface area contributed by atoms with Gasteiger partial charge < -0.3 is 20.4 Å². The fourth-order valence-electron chi connectivity index (χ4n) is 2.65. The van der Waals surface area contributed by atoms with Crippen molar-refractivity contribution in [3.05, 3.63) is 0 Å². The highest BCUT2D eigenvalue weighted by Crippen LogP contribution is 2.21. The Kier molecular flexibility index (Phi) is 2.81. The largest absolute Gasteiger partial charge is 0.341 e. The van der Waals surface area contributed by atoms with Crippen LogP contribution in [-0.4, -0.2) is 85.1 Å². The second-order valence-corrected chi connectivity index (χ2v) is 5.02. The lowest BCUT2D eigenvalue weighted by Crippen LogP contribution is -2.63. The molecule has 0 unspecified atom stereocenters. The van der Waals surface area contributed by atoms with Gasteiger partial charge in [-0.05, 0) is 0 Å². The highest BCUT2D eigenvalue weighted by molar-refractivity contribution is 6.03. The number of rotatable bonds is 0. The third-order valence-corrected chi connectivity index (χ3v) is 3.84. The number of nitrogens with one attached hydrogen (secondary N) is 2. The summed E-state index contributed by atoms with van der Waals surface area (Å²) in [5.41, 5.74) is 0. The number of amides is 3. The molecule has 2 atom stereocenters. The minimum absolute atomic E-state index is 0.220. The number of carbonyl (C=O) groups is 2. The van der Waals surface area contributed by atoms with Crippen molar-refractivity contribution in [2.24, 2.45) is 4.99 Å². The van der Waals surface area contributed by atoms with Crippen LogP contribution < -0.4 is 10.6 Å². The number of aliphatic imine (C=N–C) groups is 1. The zero-order valence-corrected chi connectivity index (χ0v) is 11.1. The molecule has 104 valence electrons. The molecule has 19 heavy (non-hydrogen) atoms. The SMILES string of the molecule is CN1C(=O)[C@@H]2NC(N3CCNCC3)=N[C@H]2N(C)C1=O. The molecule has 0 spiro atoms. The van der Waals surface area contributed by atoms with Gasteiger partial charge in [-0.3, -0.25) is 9.69 Å². The van der Waals surface area contributed by atoms with Crippen LogP contribution in [0.5, 0.6) is 0 Å². The maximum absolute atomic E-state index is 12.1. The van der Waals surface area contributed by atoms with Crippen LogP contribution in [0.4, 0.5) is 4.79 Å². The number of hydrogen-bond acceptors (Lipinski definition) is 6. The second kappa shape index (κ2) is 4.37. The number of carbonyl (C=O) groups excluding carboxylic acids is 2. The number of piperazine rings is 1. The van der Waals surface area contributed by atoms with Gasteiger partial charge >= 0.3 is 6.03 Å². The lowest BCUT2D eigenvalue weighted by molar-refractivity contribution is -0.133. The average Bonchev–Trinajstić information content (AvgIpc) is 2.89. The van der Waals surface area contributed by atoms with Crippen LogP contribution in [0.3, 0.4) is 0 Å². The Morgan fingerprint density at radius 2 is 1.89 bits per heavy atom. The summed E-state index contributed by atoms with van der Waals surface area (Å²) in [6.45, 7) is 3.51. The molecule has 0 saturated carbocycles. The average molecular weight is 266 g/mol. The van der Waals surface area contributed by atoms with Crippen LogP contribution in [0.15, 0.2) is 4.99 Å². The molecule has 0 aromatic carbocycles. The van der Waals surface area contributed by atoms with E-state index < -0.39 is 12.2 Å². The zero-order valence-electron chi connectivity index (χ0n) is 11.1. The fourth-order valence-corrected chi connectivity index (χ4v) is 2.65. The molecule has 3 aliphatic heterocycles. The Labute approximate surface area is 111 Å². The third-order valence-electron chi connectivity index (χ3n) is 3.84. The van der Waals surface area contributed by atoms with E-state index in [1.165, 1.54) is 11.9 Å². The monoisotopic (exact) mass is 266 g/mol. The highest BCUT2D eigenvalue weighted by atomic mass is 16.2. The van der Waals surface area contributed by atoms with E-state index in [2.05, 4.69) is 20.5 Å². The van der Waals surface area contributed by atoms with Crippen LogP contribution in [0.25, 0.3) is 0 Å². The first-order chi connectivity index (χ1) is 9.09. The molecule has 3 amide bonds. The van der Waals surface area contributed by atoms with Gasteiger partial charge in [-0.25, -0.2) is 9.79 Å². The van der Waals surface area contributed by atoms with E-state index >= 15 is 0 Å². The summed E-state index contributed by atoms with van der Waals surface area (Å²) in [5, 5.41) is 6.43. The molecule has 3 rings (SSSR count). The molecule has 2 N–H and O–H groups in total. The topological polar surface area (TPSA) is 80.3 Å². The minimum Gasteiger partial charge on any atom is -0.341 e. The first-order valence-corrected chi connectivity index (χ1v) is 6.44. The van der Waals surface area contributed by atoms with Crippen molar-refractivity contribution < 1.29 is 9.59 Å². The van der Waals surface area contributed by atoms with E-state index in [4.69, 9.17) is 0 Å². The number of guanidine groups is 1.